The van der Waals surface area contributed by atoms with Gasteiger partial charge in [-0.25, -0.2) is 15.8 Å². The minimum Gasteiger partial charge on any atom is -0.478 e. The van der Waals surface area contributed by atoms with Crippen molar-refractivity contribution in [3.05, 3.63) is 42.1 Å². The van der Waals surface area contributed by atoms with Gasteiger partial charge in [0.15, 0.2) is 5.69 Å². The molecule has 0 aromatic carbocycles. The van der Waals surface area contributed by atoms with Crippen molar-refractivity contribution >= 4 is 12.0 Å². The Hall–Kier alpha value is -2.67. The van der Waals surface area contributed by atoms with Gasteiger partial charge in [-0.2, -0.15) is 4.57 Å². The average molecular weight is 274 g/mol. The predicted molar refractivity (Wildman–Crippen MR) is 72.8 cm³/mol. The van der Waals surface area contributed by atoms with Crippen LogP contribution in [0.3, 0.4) is 0 Å². The molecule has 0 radical (unpaired) electrons. The molecule has 2 rings (SSSR count). The number of carbonyl (C=O) groups excluding carboxylic acids is 1. The van der Waals surface area contributed by atoms with Crippen LogP contribution in [0.15, 0.2) is 30.7 Å². The highest BCUT2D eigenvalue weighted by Gasteiger charge is 2.13. The molecule has 0 aliphatic heterocycles. The summed E-state index contributed by atoms with van der Waals surface area (Å²) in [6.07, 6.45) is 6.60. The van der Waals surface area contributed by atoms with Gasteiger partial charge in [-0.05, 0) is 18.2 Å². The van der Waals surface area contributed by atoms with Gasteiger partial charge in [-0.1, -0.05) is 0 Å². The van der Waals surface area contributed by atoms with Crippen LogP contribution in [0, 0.1) is 6.92 Å². The number of nitrogens with two attached hydrogens (primary N) is 1. The first-order valence-corrected chi connectivity index (χ1v) is 5.94. The van der Waals surface area contributed by atoms with E-state index in [0.29, 0.717) is 11.6 Å². The fourth-order valence-electron chi connectivity index (χ4n) is 1.69. The maximum Gasteiger partial charge on any atom is 0.262 e. The Balaban J connectivity index is 2.33. The fourth-order valence-corrected chi connectivity index (χ4v) is 1.69. The third-order valence-corrected chi connectivity index (χ3v) is 2.65. The molecule has 0 spiro atoms. The molecule has 2 aromatic heterocycles. The maximum absolute atomic E-state index is 11.0. The third-order valence-electron chi connectivity index (χ3n) is 2.65. The van der Waals surface area contributed by atoms with Crippen LogP contribution in [0.2, 0.25) is 0 Å². The molecule has 0 atom stereocenters. The van der Waals surface area contributed by atoms with Gasteiger partial charge in [0, 0.05) is 13.0 Å². The van der Waals surface area contributed by atoms with Crippen LogP contribution in [0.25, 0.3) is 11.8 Å². The summed E-state index contributed by atoms with van der Waals surface area (Å²) in [5.74, 6) is 5.06. The highest BCUT2D eigenvalue weighted by atomic mass is 16.5. The van der Waals surface area contributed by atoms with Gasteiger partial charge in [-0.15, -0.1) is 0 Å². The molecule has 4 N–H and O–H groups in total. The number of amides is 1. The van der Waals surface area contributed by atoms with Crippen molar-refractivity contribution < 1.29 is 14.1 Å². The summed E-state index contributed by atoms with van der Waals surface area (Å²) in [6, 6.07) is 3.65. The lowest BCUT2D eigenvalue weighted by atomic mass is 10.3. The van der Waals surface area contributed by atoms with E-state index in [1.54, 1.807) is 19.3 Å². The Morgan fingerprint density at radius 2 is 2.35 bits per heavy atom. The average Bonchev–Trinajstić information content (AvgIpc) is 2.90. The summed E-state index contributed by atoms with van der Waals surface area (Å²) >= 11 is 0. The first-order valence-electron chi connectivity index (χ1n) is 5.94. The van der Waals surface area contributed by atoms with E-state index in [-0.39, 0.29) is 0 Å². The Morgan fingerprint density at radius 3 is 2.95 bits per heavy atom. The molecule has 2 heterocycles. The number of carbonyl (C=O) groups is 1. The van der Waals surface area contributed by atoms with Gasteiger partial charge in [-0.3, -0.25) is 10.2 Å². The summed E-state index contributed by atoms with van der Waals surface area (Å²) in [5, 5.41) is 0. The number of aryl methyl sites for hydroxylation is 1. The molecule has 104 valence electrons. The number of methoxy groups -OCH3 is 1. The van der Waals surface area contributed by atoms with Gasteiger partial charge in [0.2, 0.25) is 6.33 Å². The summed E-state index contributed by atoms with van der Waals surface area (Å²) < 4.78 is 7.15. The number of H-pyrrole nitrogens is 1. The lowest BCUT2D eigenvalue weighted by Crippen LogP contribution is -2.28. The van der Waals surface area contributed by atoms with Crippen molar-refractivity contribution in [2.75, 3.05) is 7.11 Å². The third kappa shape index (κ3) is 3.01. The second kappa shape index (κ2) is 5.98. The van der Waals surface area contributed by atoms with Crippen LogP contribution in [0.4, 0.5) is 0 Å². The van der Waals surface area contributed by atoms with E-state index < -0.39 is 5.91 Å². The van der Waals surface area contributed by atoms with Gasteiger partial charge in [0.1, 0.15) is 11.9 Å². The number of aromatic amines is 1. The molecule has 0 bridgehead atoms. The highest BCUT2D eigenvalue weighted by molar-refractivity contribution is 5.90. The molecule has 20 heavy (non-hydrogen) atoms. The first-order chi connectivity index (χ1) is 9.63. The second-order valence-electron chi connectivity index (χ2n) is 4.10. The monoisotopic (exact) mass is 274 g/mol. The van der Waals surface area contributed by atoms with E-state index >= 15 is 0 Å². The van der Waals surface area contributed by atoms with Crippen LogP contribution in [0.1, 0.15) is 11.4 Å². The lowest BCUT2D eigenvalue weighted by Gasteiger charge is -2.04. The number of aromatic nitrogens is 3. The number of nitrogens with zero attached hydrogens (tertiary/aromatic N) is 2. The molecule has 0 aliphatic carbocycles. The van der Waals surface area contributed by atoms with Gasteiger partial charge < -0.3 is 4.74 Å². The molecule has 1 amide bonds. The number of hydrogen-bond acceptors (Lipinski definition) is 4. The number of nitrogens with one attached hydrogen (secondary N) is 2. The smallest absolute Gasteiger partial charge is 0.262 e. The van der Waals surface area contributed by atoms with Crippen LogP contribution in [0.5, 0.6) is 5.88 Å². The van der Waals surface area contributed by atoms with Crippen molar-refractivity contribution in [3.63, 3.8) is 0 Å². The topological polar surface area (TPSA) is 96.9 Å². The van der Waals surface area contributed by atoms with E-state index in [1.807, 2.05) is 35.5 Å². The number of imidazole rings is 1. The van der Waals surface area contributed by atoms with E-state index in [2.05, 4.69) is 9.97 Å². The molecule has 0 fully saturated rings. The number of rotatable bonds is 4. The number of hydrazine groups is 1. The van der Waals surface area contributed by atoms with E-state index in [1.165, 1.54) is 6.08 Å². The van der Waals surface area contributed by atoms with Gasteiger partial charge in [0.05, 0.1) is 12.8 Å². The van der Waals surface area contributed by atoms with Crippen LogP contribution >= 0.6 is 0 Å². The first kappa shape index (κ1) is 13.8. The Kier molecular flexibility index (Phi) is 4.11. The maximum atomic E-state index is 11.0. The highest BCUT2D eigenvalue weighted by Crippen LogP contribution is 2.16. The molecule has 0 saturated carbocycles. The largest absolute Gasteiger partial charge is 0.478 e. The molecule has 0 aliphatic rings. The molecular formula is C13H16N5O2+. The lowest BCUT2D eigenvalue weighted by molar-refractivity contribution is -0.595. The zero-order valence-corrected chi connectivity index (χ0v) is 11.3. The predicted octanol–water partition coefficient (Wildman–Crippen LogP) is 0.00652. The SMILES string of the molecule is COc1nc(C=CC(=O)NN)ccc1-[n+]1c[nH]c(C)c1. The molecule has 0 unspecified atom stereocenters. The minimum absolute atomic E-state index is 0.398. The molecule has 2 aromatic rings. The normalized spacial score (nSPS) is 10.8. The summed E-state index contributed by atoms with van der Waals surface area (Å²) in [6.45, 7) is 1.96. The Morgan fingerprint density at radius 1 is 1.55 bits per heavy atom. The molecule has 7 heteroatoms. The Bertz CT molecular complexity index is 648. The molecular weight excluding hydrogens is 258 g/mol. The van der Waals surface area contributed by atoms with Crippen molar-refractivity contribution in [1.82, 2.24) is 15.4 Å². The number of pyridine rings is 1. The Labute approximate surface area is 116 Å². The van der Waals surface area contributed by atoms with Crippen molar-refractivity contribution in [3.8, 4) is 11.6 Å². The van der Waals surface area contributed by atoms with Crippen molar-refractivity contribution in [1.29, 1.82) is 0 Å². The standard InChI is InChI=1S/C13H15N5O2/c1-9-7-18(8-15-9)11-5-3-10(16-13(11)20-2)4-6-12(19)17-14/h3-8H,1-2H3,(H3,14,16,17,19)/p+1. The van der Waals surface area contributed by atoms with E-state index in [9.17, 15) is 4.79 Å². The van der Waals surface area contributed by atoms with E-state index in [0.717, 1.165) is 11.4 Å². The second-order valence-corrected chi connectivity index (χ2v) is 4.10. The van der Waals surface area contributed by atoms with Gasteiger partial charge >= 0.3 is 0 Å². The van der Waals surface area contributed by atoms with Crippen molar-refractivity contribution in [2.24, 2.45) is 5.84 Å². The van der Waals surface area contributed by atoms with Gasteiger partial charge in [0.25, 0.3) is 11.8 Å². The van der Waals surface area contributed by atoms with Crippen LogP contribution < -0.4 is 20.6 Å². The quantitative estimate of drug-likeness (QED) is 0.240. The van der Waals surface area contributed by atoms with E-state index in [4.69, 9.17) is 10.6 Å². The molecule has 0 saturated heterocycles. The molecule has 7 nitrogen and oxygen atoms in total. The zero-order chi connectivity index (χ0) is 14.5. The summed E-state index contributed by atoms with van der Waals surface area (Å²) in [5.41, 5.74) is 4.44. The minimum atomic E-state index is -0.398. The number of ether oxygens (including phenoxy) is 1. The summed E-state index contributed by atoms with van der Waals surface area (Å²) in [4.78, 5) is 18.4. The van der Waals surface area contributed by atoms with Crippen LogP contribution in [-0.2, 0) is 4.79 Å². The summed E-state index contributed by atoms with van der Waals surface area (Å²) in [7, 11) is 1.55. The fraction of sp³-hybridized carbons (Fsp3) is 0.154. The van der Waals surface area contributed by atoms with Crippen LogP contribution in [-0.4, -0.2) is 23.0 Å². The zero-order valence-electron chi connectivity index (χ0n) is 11.3. The number of hydrogen-bond donors (Lipinski definition) is 3. The van der Waals surface area contributed by atoms with Crippen molar-refractivity contribution in [2.45, 2.75) is 6.92 Å².